The van der Waals surface area contributed by atoms with Crippen LogP contribution < -0.4 is 10.1 Å². The van der Waals surface area contributed by atoms with Crippen molar-refractivity contribution in [2.24, 2.45) is 0 Å². The second kappa shape index (κ2) is 12.4. The van der Waals surface area contributed by atoms with E-state index in [1.54, 1.807) is 48.7 Å². The van der Waals surface area contributed by atoms with E-state index in [4.69, 9.17) is 4.74 Å². The number of amides is 1. The maximum atomic E-state index is 13.8. The molecule has 0 radical (unpaired) electrons. The molecule has 0 unspecified atom stereocenters. The highest BCUT2D eigenvalue weighted by Crippen LogP contribution is 2.36. The van der Waals surface area contributed by atoms with Crippen molar-refractivity contribution in [2.75, 3.05) is 17.7 Å². The molecular weight excluding hydrogens is 595 g/mol. The second-order valence-electron chi connectivity index (χ2n) is 9.89. The number of anilines is 1. The van der Waals surface area contributed by atoms with Gasteiger partial charge < -0.3 is 10.1 Å². The summed E-state index contributed by atoms with van der Waals surface area (Å²) in [5.74, 6) is 1.06. The third-order valence-corrected chi connectivity index (χ3v) is 9.63. The number of hydrogen-bond acceptors (Lipinski definition) is 7. The topological polar surface area (TPSA) is 108 Å². The van der Waals surface area contributed by atoms with Gasteiger partial charge in [-0.3, -0.25) is 9.36 Å². The van der Waals surface area contributed by atoms with Gasteiger partial charge in [-0.05, 0) is 67.9 Å². The number of thioether (sulfide) groups is 1. The zero-order valence-corrected chi connectivity index (χ0v) is 25.7. The van der Waals surface area contributed by atoms with Crippen LogP contribution in [0.5, 0.6) is 5.75 Å². The highest BCUT2D eigenvalue weighted by Gasteiger charge is 2.25. The fraction of sp³-hybridized carbons (Fsp3) is 0.121. The highest BCUT2D eigenvalue weighted by atomic mass is 32.2. The Morgan fingerprint density at radius 2 is 1.59 bits per heavy atom. The molecule has 0 fully saturated rings. The normalized spacial score (nSPS) is 11.5. The lowest BCUT2D eigenvalue weighted by Gasteiger charge is -2.12. The molecule has 11 heteroatoms. The number of aromatic nitrogens is 4. The molecule has 0 saturated carbocycles. The van der Waals surface area contributed by atoms with Gasteiger partial charge in [0.25, 0.3) is 10.0 Å². The summed E-state index contributed by atoms with van der Waals surface area (Å²) in [6.45, 7) is 4.39. The smallest absolute Gasteiger partial charge is 0.268 e. The summed E-state index contributed by atoms with van der Waals surface area (Å²) in [5.41, 5.74) is 3.54. The molecular formula is C33H29N5O4S2. The molecule has 0 aliphatic heterocycles. The molecule has 1 N–H and O–H groups in total. The molecule has 222 valence electrons. The van der Waals surface area contributed by atoms with Gasteiger partial charge in [0.05, 0.1) is 22.8 Å². The fourth-order valence-electron chi connectivity index (χ4n) is 4.89. The zero-order valence-electron chi connectivity index (χ0n) is 24.0. The van der Waals surface area contributed by atoms with E-state index in [9.17, 15) is 13.2 Å². The van der Waals surface area contributed by atoms with Crippen molar-refractivity contribution in [2.45, 2.75) is 23.9 Å². The Morgan fingerprint density at radius 3 is 2.34 bits per heavy atom. The first-order valence-electron chi connectivity index (χ1n) is 13.9. The zero-order chi connectivity index (χ0) is 30.7. The minimum atomic E-state index is -3.91. The second-order valence-corrected chi connectivity index (χ2v) is 12.7. The number of carbonyl (C=O) groups is 1. The summed E-state index contributed by atoms with van der Waals surface area (Å²) < 4.78 is 36.3. The van der Waals surface area contributed by atoms with Crippen LogP contribution in [-0.4, -0.2) is 45.4 Å². The maximum absolute atomic E-state index is 13.8. The number of fused-ring (bicyclic) bond motifs is 1. The number of hydrogen-bond donors (Lipinski definition) is 1. The molecule has 0 saturated heterocycles. The molecule has 44 heavy (non-hydrogen) atoms. The average Bonchev–Trinajstić information content (AvgIpc) is 3.64. The third-order valence-electron chi connectivity index (χ3n) is 7.01. The summed E-state index contributed by atoms with van der Waals surface area (Å²) in [7, 11) is -3.91. The van der Waals surface area contributed by atoms with Crippen LogP contribution in [0.4, 0.5) is 5.69 Å². The van der Waals surface area contributed by atoms with Crippen LogP contribution in [0.25, 0.3) is 28.0 Å². The van der Waals surface area contributed by atoms with Crippen LogP contribution in [0, 0.1) is 6.92 Å². The van der Waals surface area contributed by atoms with E-state index in [0.29, 0.717) is 39.8 Å². The van der Waals surface area contributed by atoms with Gasteiger partial charge in [-0.1, -0.05) is 66.4 Å². The molecule has 0 bridgehead atoms. The SMILES string of the molecule is CCOc1ccc(-n2c(SCC(=O)Nc3ccccc3C)nnc2-c2cn(S(=O)(=O)c3ccccc3)c3ccccc23)cc1. The number of nitrogens with one attached hydrogen (secondary N) is 1. The van der Waals surface area contributed by atoms with E-state index in [-0.39, 0.29) is 16.6 Å². The first-order valence-corrected chi connectivity index (χ1v) is 16.4. The summed E-state index contributed by atoms with van der Waals surface area (Å²) in [4.78, 5) is 13.1. The summed E-state index contributed by atoms with van der Waals surface area (Å²) in [5, 5.41) is 13.1. The van der Waals surface area contributed by atoms with Crippen molar-refractivity contribution < 1.29 is 17.9 Å². The molecule has 6 rings (SSSR count). The predicted molar refractivity (Wildman–Crippen MR) is 173 cm³/mol. The van der Waals surface area contributed by atoms with Crippen LogP contribution in [0.3, 0.4) is 0 Å². The number of nitrogens with zero attached hydrogens (tertiary/aromatic N) is 4. The van der Waals surface area contributed by atoms with E-state index in [1.807, 2.05) is 79.1 Å². The van der Waals surface area contributed by atoms with Gasteiger partial charge in [-0.15, -0.1) is 10.2 Å². The van der Waals surface area contributed by atoms with Crippen molar-refractivity contribution in [3.8, 4) is 22.8 Å². The highest BCUT2D eigenvalue weighted by molar-refractivity contribution is 7.99. The molecule has 0 atom stereocenters. The standard InChI is InChI=1S/C33H29N5O4S2/c1-3-42-25-19-17-24(18-20-25)38-32(35-36-33(38)43-22-31(39)34-29-15-9-7-11-23(29)2)28-21-37(30-16-10-8-14-27(28)30)44(40,41)26-12-5-4-6-13-26/h4-21H,3,22H2,1-2H3,(H,34,39). The molecule has 6 aromatic rings. The van der Waals surface area contributed by atoms with Crippen LogP contribution in [0.2, 0.25) is 0 Å². The minimum Gasteiger partial charge on any atom is -0.494 e. The largest absolute Gasteiger partial charge is 0.494 e. The lowest BCUT2D eigenvalue weighted by molar-refractivity contribution is -0.113. The molecule has 0 aliphatic carbocycles. The van der Waals surface area contributed by atoms with Crippen LogP contribution >= 0.6 is 11.8 Å². The molecule has 4 aromatic carbocycles. The Morgan fingerprint density at radius 1 is 0.886 bits per heavy atom. The lowest BCUT2D eigenvalue weighted by atomic mass is 10.1. The van der Waals surface area contributed by atoms with Crippen molar-refractivity contribution in [1.82, 2.24) is 18.7 Å². The first kappa shape index (κ1) is 29.2. The molecule has 0 aliphatic rings. The Labute approximate surface area is 259 Å². The number of rotatable bonds is 10. The Bertz CT molecular complexity index is 2050. The predicted octanol–water partition coefficient (Wildman–Crippen LogP) is 6.56. The Kier molecular flexibility index (Phi) is 8.23. The van der Waals surface area contributed by atoms with Crippen molar-refractivity contribution >= 4 is 44.3 Å². The van der Waals surface area contributed by atoms with Gasteiger partial charge in [0.15, 0.2) is 11.0 Å². The Hall–Kier alpha value is -4.87. The number of ether oxygens (including phenoxy) is 1. The van der Waals surface area contributed by atoms with Crippen molar-refractivity contribution in [3.05, 3.63) is 115 Å². The number of aryl methyl sites for hydroxylation is 1. The molecule has 1 amide bonds. The van der Waals surface area contributed by atoms with E-state index < -0.39 is 10.0 Å². The van der Waals surface area contributed by atoms with Gasteiger partial charge >= 0.3 is 0 Å². The van der Waals surface area contributed by atoms with Crippen molar-refractivity contribution in [1.29, 1.82) is 0 Å². The first-order chi connectivity index (χ1) is 21.4. The van der Waals surface area contributed by atoms with Crippen molar-refractivity contribution in [3.63, 3.8) is 0 Å². The van der Waals surface area contributed by atoms with Crippen LogP contribution in [0.1, 0.15) is 12.5 Å². The molecule has 2 heterocycles. The van der Waals surface area contributed by atoms with E-state index in [1.165, 1.54) is 15.7 Å². The average molecular weight is 624 g/mol. The molecule has 9 nitrogen and oxygen atoms in total. The van der Waals surface area contributed by atoms with Gasteiger partial charge in [-0.2, -0.15) is 0 Å². The number of carbonyl (C=O) groups excluding carboxylic acids is 1. The van der Waals surface area contributed by atoms with Crippen LogP contribution in [0.15, 0.2) is 119 Å². The summed E-state index contributed by atoms with van der Waals surface area (Å²) in [6, 6.07) is 30.7. The number of para-hydroxylation sites is 2. The Balaban J connectivity index is 1.43. The van der Waals surface area contributed by atoms with Crippen LogP contribution in [-0.2, 0) is 14.8 Å². The summed E-state index contributed by atoms with van der Waals surface area (Å²) >= 11 is 1.24. The van der Waals surface area contributed by atoms with Gasteiger partial charge in [-0.25, -0.2) is 12.4 Å². The van der Waals surface area contributed by atoms with E-state index >= 15 is 0 Å². The lowest BCUT2D eigenvalue weighted by Crippen LogP contribution is -2.15. The maximum Gasteiger partial charge on any atom is 0.268 e. The fourth-order valence-corrected chi connectivity index (χ4v) is 7.03. The van der Waals surface area contributed by atoms with Gasteiger partial charge in [0.1, 0.15) is 5.75 Å². The molecule has 0 spiro atoms. The molecule has 2 aromatic heterocycles. The van der Waals surface area contributed by atoms with E-state index in [0.717, 1.165) is 16.9 Å². The van der Waals surface area contributed by atoms with Gasteiger partial charge in [0.2, 0.25) is 5.91 Å². The monoisotopic (exact) mass is 623 g/mol. The quantitative estimate of drug-likeness (QED) is 0.172. The minimum absolute atomic E-state index is 0.0909. The summed E-state index contributed by atoms with van der Waals surface area (Å²) in [6.07, 6.45) is 1.58. The van der Waals surface area contributed by atoms with E-state index in [2.05, 4.69) is 15.5 Å². The number of benzene rings is 4. The van der Waals surface area contributed by atoms with Gasteiger partial charge in [0, 0.05) is 28.5 Å². The third kappa shape index (κ3) is 5.71.